The van der Waals surface area contributed by atoms with Gasteiger partial charge in [-0.15, -0.1) is 0 Å². The lowest BCUT2D eigenvalue weighted by Gasteiger charge is -2.18. The van der Waals surface area contributed by atoms with Crippen LogP contribution in [0.15, 0.2) is 59.9 Å². The molecule has 0 saturated carbocycles. The average molecular weight is 467 g/mol. The van der Waals surface area contributed by atoms with Crippen molar-refractivity contribution in [3.8, 4) is 34.4 Å². The Hall–Kier alpha value is -4.90. The van der Waals surface area contributed by atoms with Gasteiger partial charge in [-0.1, -0.05) is 76.2 Å². The second-order valence-corrected chi connectivity index (χ2v) is 7.74. The maximum Gasteiger partial charge on any atom is 0.270 e. The molecule has 0 unspecified atom stereocenters. The van der Waals surface area contributed by atoms with E-state index >= 15 is 0 Å². The summed E-state index contributed by atoms with van der Waals surface area (Å²) in [5.74, 6) is 0. The number of allylic oxidation sites excluding steroid dienone is 2. The fourth-order valence-corrected chi connectivity index (χ4v) is 5.17. The van der Waals surface area contributed by atoms with Crippen LogP contribution in [0.25, 0.3) is 43.1 Å². The molecule has 2 aliphatic carbocycles. The molecule has 2 aliphatic rings. The van der Waals surface area contributed by atoms with Crippen LogP contribution in [-0.2, 0) is 0 Å². The van der Waals surface area contributed by atoms with Gasteiger partial charge in [-0.3, -0.25) is 0 Å². The molecule has 0 aromatic heterocycles. The molecule has 3 aromatic rings. The van der Waals surface area contributed by atoms with E-state index in [-0.39, 0.29) is 11.4 Å². The molecule has 36 heavy (non-hydrogen) atoms. The molecule has 0 amide bonds. The van der Waals surface area contributed by atoms with E-state index in [0.717, 1.165) is 55.6 Å². The van der Waals surface area contributed by atoms with Crippen LogP contribution in [0.4, 0.5) is 0 Å². The fourth-order valence-electron chi connectivity index (χ4n) is 5.17. The van der Waals surface area contributed by atoms with Crippen molar-refractivity contribution in [3.63, 3.8) is 0 Å². The number of hydrogen-bond acceptors (Lipinski definition) is 2. The predicted molar refractivity (Wildman–Crippen MR) is 146 cm³/mol. The second kappa shape index (κ2) is 10.6. The molecule has 3 aromatic carbocycles. The van der Waals surface area contributed by atoms with Crippen LogP contribution in [0.2, 0.25) is 0 Å². The number of nitriles is 2. The van der Waals surface area contributed by atoms with Crippen LogP contribution in [0, 0.1) is 49.7 Å². The zero-order valence-electron chi connectivity index (χ0n) is 21.4. The molecule has 4 heteroatoms. The van der Waals surface area contributed by atoms with Gasteiger partial charge in [-0.05, 0) is 69.5 Å². The van der Waals surface area contributed by atoms with Gasteiger partial charge in [0.2, 0.25) is 0 Å². The minimum atomic E-state index is 0.0690. The topological polar surface area (TPSA) is 56.3 Å². The van der Waals surface area contributed by atoms with Gasteiger partial charge in [0.1, 0.15) is 0 Å². The molecule has 0 atom stereocenters. The lowest BCUT2D eigenvalue weighted by Crippen LogP contribution is -1.99. The molecule has 0 spiro atoms. The van der Waals surface area contributed by atoms with E-state index in [9.17, 15) is 10.5 Å². The minimum absolute atomic E-state index is 0.0690. The Morgan fingerprint density at radius 1 is 0.583 bits per heavy atom. The summed E-state index contributed by atoms with van der Waals surface area (Å²) in [5, 5.41) is 19.5. The SMILES string of the molecule is CC.CC.[C-]#[N+]/C(C#N)=C1/c2ccccc2-c2c(C)c3c(c(C)c21)-c1ccccc1/C3=C(/C#N)[N+]#[C-]. The van der Waals surface area contributed by atoms with E-state index in [1.807, 2.05) is 90.1 Å². The van der Waals surface area contributed by atoms with Crippen LogP contribution in [0.3, 0.4) is 0 Å². The molecule has 0 radical (unpaired) electrons. The first-order valence-electron chi connectivity index (χ1n) is 12.0. The van der Waals surface area contributed by atoms with Crippen LogP contribution in [-0.4, -0.2) is 0 Å². The zero-order chi connectivity index (χ0) is 26.6. The Kier molecular flexibility index (Phi) is 7.55. The van der Waals surface area contributed by atoms with Crippen molar-refractivity contribution in [1.29, 1.82) is 10.5 Å². The predicted octanol–water partition coefficient (Wildman–Crippen LogP) is 8.72. The van der Waals surface area contributed by atoms with Gasteiger partial charge in [0.25, 0.3) is 11.4 Å². The van der Waals surface area contributed by atoms with Crippen molar-refractivity contribution in [1.82, 2.24) is 0 Å². The van der Waals surface area contributed by atoms with Crippen molar-refractivity contribution >= 4 is 11.1 Å². The van der Waals surface area contributed by atoms with Gasteiger partial charge in [0, 0.05) is 11.1 Å². The van der Waals surface area contributed by atoms with E-state index in [2.05, 4.69) is 21.8 Å². The molecule has 0 heterocycles. The molecular weight excluding hydrogens is 440 g/mol. The Bertz CT molecular complexity index is 1470. The number of fused-ring (bicyclic) bond motifs is 6. The Balaban J connectivity index is 0.000000861. The third-order valence-electron chi connectivity index (χ3n) is 6.34. The van der Waals surface area contributed by atoms with Gasteiger partial charge < -0.3 is 0 Å². The highest BCUT2D eigenvalue weighted by Gasteiger charge is 2.37. The van der Waals surface area contributed by atoms with Crippen molar-refractivity contribution < 1.29 is 0 Å². The molecular formula is C32H26N4. The fraction of sp³-hybridized carbons (Fsp3) is 0.188. The standard InChI is InChI=1S/C28H14N4.2C2H6/c1-15-23-17-9-5-7-11-19(17)28(22(14-30)32-4)26(23)16(2)24-18-10-6-8-12-20(18)27(25(15)24)21(13-29)31-3;2*1-2/h5-12H,1-2H3;2*1-2H3/b27-21-,28-22+;;. The molecule has 5 rings (SSSR count). The minimum Gasteiger partial charge on any atom is -0.226 e. The van der Waals surface area contributed by atoms with Crippen LogP contribution < -0.4 is 0 Å². The summed E-state index contributed by atoms with van der Waals surface area (Å²) in [7, 11) is 0. The van der Waals surface area contributed by atoms with Crippen molar-refractivity contribution in [2.45, 2.75) is 41.5 Å². The van der Waals surface area contributed by atoms with Gasteiger partial charge in [-0.2, -0.15) is 0 Å². The monoisotopic (exact) mass is 466 g/mol. The average Bonchev–Trinajstić information content (AvgIpc) is 3.46. The lowest BCUT2D eigenvalue weighted by atomic mass is 9.85. The zero-order valence-corrected chi connectivity index (χ0v) is 21.4. The summed E-state index contributed by atoms with van der Waals surface area (Å²) in [5.41, 5.74) is 10.8. The Labute approximate surface area is 213 Å². The molecule has 0 N–H and O–H groups in total. The highest BCUT2D eigenvalue weighted by molar-refractivity contribution is 6.13. The molecule has 0 bridgehead atoms. The van der Waals surface area contributed by atoms with Crippen molar-refractivity contribution in [3.05, 3.63) is 116 Å². The number of rotatable bonds is 0. The Morgan fingerprint density at radius 2 is 0.889 bits per heavy atom. The highest BCUT2D eigenvalue weighted by atomic mass is 14.7. The second-order valence-electron chi connectivity index (χ2n) is 7.74. The maximum absolute atomic E-state index is 9.73. The third kappa shape index (κ3) is 3.49. The quantitative estimate of drug-likeness (QED) is 0.169. The summed E-state index contributed by atoms with van der Waals surface area (Å²) < 4.78 is 0. The summed E-state index contributed by atoms with van der Waals surface area (Å²) >= 11 is 0. The van der Waals surface area contributed by atoms with Gasteiger partial charge >= 0.3 is 0 Å². The molecule has 0 aliphatic heterocycles. The van der Waals surface area contributed by atoms with E-state index in [0.29, 0.717) is 11.1 Å². The molecule has 0 saturated heterocycles. The maximum atomic E-state index is 9.73. The van der Waals surface area contributed by atoms with Gasteiger partial charge in [0.15, 0.2) is 0 Å². The van der Waals surface area contributed by atoms with Crippen molar-refractivity contribution in [2.24, 2.45) is 0 Å². The normalized spacial score (nSPS) is 13.8. The largest absolute Gasteiger partial charge is 0.270 e. The van der Waals surface area contributed by atoms with Crippen molar-refractivity contribution in [2.75, 3.05) is 0 Å². The van der Waals surface area contributed by atoms with Crippen LogP contribution in [0.5, 0.6) is 0 Å². The lowest BCUT2D eigenvalue weighted by molar-refractivity contribution is 1.36. The molecule has 0 fully saturated rings. The summed E-state index contributed by atoms with van der Waals surface area (Å²) in [6.45, 7) is 27.2. The van der Waals surface area contributed by atoms with E-state index < -0.39 is 0 Å². The highest BCUT2D eigenvalue weighted by Crippen LogP contribution is 2.57. The first kappa shape index (κ1) is 25.7. The van der Waals surface area contributed by atoms with Gasteiger partial charge in [0.05, 0.1) is 25.3 Å². The third-order valence-corrected chi connectivity index (χ3v) is 6.34. The van der Waals surface area contributed by atoms with E-state index in [1.54, 1.807) is 0 Å². The Morgan fingerprint density at radius 3 is 1.17 bits per heavy atom. The molecule has 4 nitrogen and oxygen atoms in total. The first-order valence-corrected chi connectivity index (χ1v) is 12.0. The number of benzene rings is 3. The van der Waals surface area contributed by atoms with E-state index in [4.69, 9.17) is 13.1 Å². The van der Waals surface area contributed by atoms with E-state index in [1.165, 1.54) is 0 Å². The number of nitrogens with zero attached hydrogens (tertiary/aromatic N) is 4. The van der Waals surface area contributed by atoms with Crippen LogP contribution in [0.1, 0.15) is 61.1 Å². The smallest absolute Gasteiger partial charge is 0.226 e. The summed E-state index contributed by atoms with van der Waals surface area (Å²) in [6.07, 6.45) is 0. The van der Waals surface area contributed by atoms with Gasteiger partial charge in [-0.25, -0.2) is 20.2 Å². The summed E-state index contributed by atoms with van der Waals surface area (Å²) in [6, 6.07) is 19.8. The van der Waals surface area contributed by atoms with Crippen LogP contribution >= 0.6 is 0 Å². The first-order chi connectivity index (χ1) is 17.6. The molecule has 174 valence electrons. The number of hydrogen-bond donors (Lipinski definition) is 0. The summed E-state index contributed by atoms with van der Waals surface area (Å²) in [4.78, 5) is 7.08.